The molecule has 3 heteroatoms. The largest absolute Gasteiger partial charge is 0.391 e. The molecule has 0 aromatic carbocycles. The van der Waals surface area contributed by atoms with E-state index in [9.17, 15) is 5.11 Å². The number of ether oxygens (including phenoxy) is 1. The number of aliphatic hydroxyl groups is 1. The molecule has 13 heavy (non-hydrogen) atoms. The Morgan fingerprint density at radius 3 is 2.38 bits per heavy atom. The van der Waals surface area contributed by atoms with Gasteiger partial charge in [-0.15, -0.1) is 0 Å². The van der Waals surface area contributed by atoms with Crippen LogP contribution in [0.4, 0.5) is 0 Å². The number of nitrogens with two attached hydrogens (primary N) is 1. The van der Waals surface area contributed by atoms with Crippen LogP contribution in [0, 0.1) is 0 Å². The molecule has 3 atom stereocenters. The first-order valence-electron chi connectivity index (χ1n) is 5.15. The van der Waals surface area contributed by atoms with Gasteiger partial charge in [0.15, 0.2) is 0 Å². The molecule has 0 aliphatic heterocycles. The Hall–Kier alpha value is -0.120. The van der Waals surface area contributed by atoms with Gasteiger partial charge in [0.25, 0.3) is 0 Å². The van der Waals surface area contributed by atoms with Gasteiger partial charge < -0.3 is 15.6 Å². The van der Waals surface area contributed by atoms with Gasteiger partial charge in [-0.25, -0.2) is 0 Å². The molecular weight excluding hydrogens is 166 g/mol. The smallest absolute Gasteiger partial charge is 0.0807 e. The lowest BCUT2D eigenvalue weighted by molar-refractivity contribution is -0.0605. The minimum Gasteiger partial charge on any atom is -0.391 e. The van der Waals surface area contributed by atoms with Crippen LogP contribution in [0.25, 0.3) is 0 Å². The molecule has 0 saturated carbocycles. The first-order valence-corrected chi connectivity index (χ1v) is 5.15. The van der Waals surface area contributed by atoms with E-state index in [-0.39, 0.29) is 12.2 Å². The van der Waals surface area contributed by atoms with Crippen molar-refractivity contribution in [3.05, 3.63) is 0 Å². The van der Waals surface area contributed by atoms with E-state index < -0.39 is 6.10 Å². The molecule has 0 spiro atoms. The van der Waals surface area contributed by atoms with Crippen LogP contribution in [0.15, 0.2) is 0 Å². The number of hydrogen-bond acceptors (Lipinski definition) is 3. The summed E-state index contributed by atoms with van der Waals surface area (Å²) in [7, 11) is 0. The van der Waals surface area contributed by atoms with E-state index in [1.165, 1.54) is 0 Å². The van der Waals surface area contributed by atoms with Crippen molar-refractivity contribution in [1.29, 1.82) is 0 Å². The number of hydrogen-bond donors (Lipinski definition) is 2. The zero-order valence-corrected chi connectivity index (χ0v) is 8.99. The van der Waals surface area contributed by atoms with Gasteiger partial charge in [0.2, 0.25) is 0 Å². The fourth-order valence-electron chi connectivity index (χ4n) is 1.09. The van der Waals surface area contributed by atoms with Crippen molar-refractivity contribution in [3.8, 4) is 0 Å². The second-order valence-electron chi connectivity index (χ2n) is 3.58. The van der Waals surface area contributed by atoms with Gasteiger partial charge in [-0.2, -0.15) is 0 Å². The summed E-state index contributed by atoms with van der Waals surface area (Å²) < 4.78 is 5.59. The molecule has 0 heterocycles. The average molecular weight is 189 g/mol. The molecule has 80 valence electrons. The van der Waals surface area contributed by atoms with E-state index in [2.05, 4.69) is 6.92 Å². The van der Waals surface area contributed by atoms with Crippen molar-refractivity contribution >= 4 is 0 Å². The summed E-state index contributed by atoms with van der Waals surface area (Å²) in [5.74, 6) is 0. The molecule has 3 N–H and O–H groups in total. The highest BCUT2D eigenvalue weighted by molar-refractivity contribution is 4.64. The zero-order chi connectivity index (χ0) is 10.3. The molecule has 3 nitrogen and oxygen atoms in total. The highest BCUT2D eigenvalue weighted by atomic mass is 16.5. The molecule has 0 aromatic rings. The summed E-state index contributed by atoms with van der Waals surface area (Å²) in [4.78, 5) is 0. The topological polar surface area (TPSA) is 55.5 Å². The van der Waals surface area contributed by atoms with Gasteiger partial charge >= 0.3 is 0 Å². The van der Waals surface area contributed by atoms with Crippen molar-refractivity contribution in [3.63, 3.8) is 0 Å². The monoisotopic (exact) mass is 189 g/mol. The molecule has 0 amide bonds. The maximum Gasteiger partial charge on any atom is 0.0807 e. The molecule has 0 radical (unpaired) electrons. The van der Waals surface area contributed by atoms with E-state index in [0.29, 0.717) is 6.54 Å². The highest BCUT2D eigenvalue weighted by Gasteiger charge is 2.14. The summed E-state index contributed by atoms with van der Waals surface area (Å²) in [6.07, 6.45) is 2.84. The van der Waals surface area contributed by atoms with Crippen molar-refractivity contribution < 1.29 is 9.84 Å². The Labute approximate surface area is 81.3 Å². The van der Waals surface area contributed by atoms with E-state index in [1.54, 1.807) is 6.92 Å². The average Bonchev–Trinajstić information content (AvgIpc) is 2.11. The van der Waals surface area contributed by atoms with Crippen molar-refractivity contribution in [2.75, 3.05) is 6.54 Å². The van der Waals surface area contributed by atoms with Crippen LogP contribution >= 0.6 is 0 Å². The third kappa shape index (κ3) is 6.02. The fraction of sp³-hybridized carbons (Fsp3) is 1.00. The molecule has 0 bridgehead atoms. The van der Waals surface area contributed by atoms with Gasteiger partial charge in [-0.1, -0.05) is 19.8 Å². The summed E-state index contributed by atoms with van der Waals surface area (Å²) in [5, 5.41) is 9.22. The molecule has 0 aliphatic carbocycles. The summed E-state index contributed by atoms with van der Waals surface area (Å²) in [5.41, 5.74) is 5.56. The number of rotatable bonds is 7. The summed E-state index contributed by atoms with van der Waals surface area (Å²) in [6, 6.07) is 0. The maximum absolute atomic E-state index is 9.22. The Balaban J connectivity index is 3.69. The predicted molar refractivity (Wildman–Crippen MR) is 54.6 cm³/mol. The normalized spacial score (nSPS) is 18.2. The minimum atomic E-state index is -0.421. The van der Waals surface area contributed by atoms with Gasteiger partial charge in [0.05, 0.1) is 18.3 Å². The van der Waals surface area contributed by atoms with Crippen LogP contribution in [0.5, 0.6) is 0 Å². The Bertz CT molecular complexity index is 117. The third-order valence-electron chi connectivity index (χ3n) is 2.23. The van der Waals surface area contributed by atoms with Crippen LogP contribution in [0.1, 0.15) is 40.0 Å². The maximum atomic E-state index is 9.22. The standard InChI is InChI=1S/C10H23NO2/c1-4-5-6-10(7-11)13-9(3)8(2)12/h8-10,12H,4-7,11H2,1-3H3. The summed E-state index contributed by atoms with van der Waals surface area (Å²) in [6.45, 7) is 6.29. The lowest BCUT2D eigenvalue weighted by Gasteiger charge is -2.22. The van der Waals surface area contributed by atoms with Crippen molar-refractivity contribution in [1.82, 2.24) is 0 Å². The Morgan fingerprint density at radius 2 is 2.00 bits per heavy atom. The Morgan fingerprint density at radius 1 is 1.38 bits per heavy atom. The SMILES string of the molecule is CCCCC(CN)OC(C)C(C)O. The van der Waals surface area contributed by atoms with Gasteiger partial charge in [0.1, 0.15) is 0 Å². The third-order valence-corrected chi connectivity index (χ3v) is 2.23. The van der Waals surface area contributed by atoms with E-state index >= 15 is 0 Å². The number of aliphatic hydroxyl groups excluding tert-OH is 1. The highest BCUT2D eigenvalue weighted by Crippen LogP contribution is 2.08. The Kier molecular flexibility index (Phi) is 7.23. The molecule has 3 unspecified atom stereocenters. The van der Waals surface area contributed by atoms with Crippen molar-refractivity contribution in [2.45, 2.75) is 58.3 Å². The molecule has 0 aliphatic rings. The van der Waals surface area contributed by atoms with Crippen molar-refractivity contribution in [2.24, 2.45) is 5.73 Å². The summed E-state index contributed by atoms with van der Waals surface area (Å²) >= 11 is 0. The zero-order valence-electron chi connectivity index (χ0n) is 8.99. The molecule has 0 saturated heterocycles. The number of unbranched alkanes of at least 4 members (excludes halogenated alkanes) is 1. The van der Waals surface area contributed by atoms with E-state index in [4.69, 9.17) is 10.5 Å². The molecule has 0 fully saturated rings. The van der Waals surface area contributed by atoms with Gasteiger partial charge in [-0.05, 0) is 20.3 Å². The minimum absolute atomic E-state index is 0.101. The quantitative estimate of drug-likeness (QED) is 0.634. The van der Waals surface area contributed by atoms with Gasteiger partial charge in [-0.3, -0.25) is 0 Å². The lowest BCUT2D eigenvalue weighted by Crippen LogP contribution is -2.32. The second-order valence-corrected chi connectivity index (χ2v) is 3.58. The molecule has 0 aromatic heterocycles. The van der Waals surface area contributed by atoms with Crippen LogP contribution in [0.2, 0.25) is 0 Å². The van der Waals surface area contributed by atoms with Crippen LogP contribution < -0.4 is 5.73 Å². The molecule has 0 rings (SSSR count). The first kappa shape index (κ1) is 12.9. The second kappa shape index (κ2) is 7.30. The lowest BCUT2D eigenvalue weighted by atomic mass is 10.1. The predicted octanol–water partition coefficient (Wildman–Crippen LogP) is 1.29. The van der Waals surface area contributed by atoms with Crippen LogP contribution in [0.3, 0.4) is 0 Å². The first-order chi connectivity index (χ1) is 6.11. The van der Waals surface area contributed by atoms with Gasteiger partial charge in [0, 0.05) is 6.54 Å². The van der Waals surface area contributed by atoms with Crippen LogP contribution in [-0.4, -0.2) is 30.0 Å². The fourth-order valence-corrected chi connectivity index (χ4v) is 1.09. The van der Waals surface area contributed by atoms with E-state index in [1.807, 2.05) is 6.92 Å². The van der Waals surface area contributed by atoms with Crippen LogP contribution in [-0.2, 0) is 4.74 Å². The molecular formula is C10H23NO2. The van der Waals surface area contributed by atoms with E-state index in [0.717, 1.165) is 19.3 Å².